The molecule has 35 heavy (non-hydrogen) atoms. The van der Waals surface area contributed by atoms with Gasteiger partial charge in [-0.05, 0) is 73.2 Å². The highest BCUT2D eigenvalue weighted by Crippen LogP contribution is 2.45. The van der Waals surface area contributed by atoms with Crippen LogP contribution < -0.4 is 9.64 Å². The Morgan fingerprint density at radius 1 is 1.03 bits per heavy atom. The molecule has 2 heterocycles. The number of ether oxygens (including phenoxy) is 2. The third-order valence-corrected chi connectivity index (χ3v) is 6.23. The number of methoxy groups -OCH3 is 1. The molecule has 5 rings (SSSR count). The number of aromatic nitrogens is 2. The molecule has 1 aliphatic heterocycles. The second-order valence-electron chi connectivity index (χ2n) is 7.99. The van der Waals surface area contributed by atoms with Crippen molar-refractivity contribution in [2.24, 2.45) is 0 Å². The predicted octanol–water partition coefficient (Wildman–Crippen LogP) is 5.67. The number of carbonyl (C=O) groups is 2. The molecule has 0 radical (unpaired) electrons. The van der Waals surface area contributed by atoms with E-state index in [1.54, 1.807) is 55.3 Å². The molecule has 1 atom stereocenters. The van der Waals surface area contributed by atoms with Crippen molar-refractivity contribution in [3.05, 3.63) is 100 Å². The molecule has 176 valence electrons. The van der Waals surface area contributed by atoms with Crippen LogP contribution in [0.3, 0.4) is 0 Å². The fourth-order valence-electron chi connectivity index (χ4n) is 4.32. The summed E-state index contributed by atoms with van der Waals surface area (Å²) in [7, 11) is 1.61. The first-order chi connectivity index (χ1) is 17.0. The number of hydrogen-bond acceptors (Lipinski definition) is 5. The zero-order valence-corrected chi connectivity index (χ0v) is 19.9. The molecule has 0 aliphatic carbocycles. The smallest absolute Gasteiger partial charge is 0.338 e. The number of amides is 1. The number of hydrogen-bond donors (Lipinski definition) is 1. The van der Waals surface area contributed by atoms with Crippen LogP contribution in [0.25, 0.3) is 11.3 Å². The summed E-state index contributed by atoms with van der Waals surface area (Å²) in [5.41, 5.74) is 4.68. The highest BCUT2D eigenvalue weighted by Gasteiger charge is 2.43. The maximum absolute atomic E-state index is 13.6. The summed E-state index contributed by atoms with van der Waals surface area (Å²) in [4.78, 5) is 27.4. The van der Waals surface area contributed by atoms with Crippen molar-refractivity contribution in [2.75, 3.05) is 18.6 Å². The molecular weight excluding hydrogens is 466 g/mol. The van der Waals surface area contributed by atoms with Crippen LogP contribution in [0.1, 0.15) is 44.9 Å². The molecule has 0 saturated carbocycles. The lowest BCUT2D eigenvalue weighted by Gasteiger charge is -2.26. The second kappa shape index (κ2) is 9.27. The van der Waals surface area contributed by atoms with Crippen LogP contribution in [0.5, 0.6) is 5.75 Å². The molecule has 4 aromatic rings. The van der Waals surface area contributed by atoms with Gasteiger partial charge in [-0.1, -0.05) is 23.7 Å². The quantitative estimate of drug-likeness (QED) is 0.354. The monoisotopic (exact) mass is 487 g/mol. The number of nitrogens with zero attached hydrogens (tertiary/aromatic N) is 2. The topological polar surface area (TPSA) is 84.5 Å². The maximum Gasteiger partial charge on any atom is 0.338 e. The standard InChI is InChI=1S/C27H22ClN3O4/c1-3-35-27(33)18-6-12-20(13-7-18)31-25(17-4-10-19(28)11-5-17)22-23(29-30-24(22)26(31)32)16-8-14-21(34-2)15-9-16/h4-15,25H,3H2,1-2H3,(H,29,30)/t25-/m0/s1. The molecule has 1 N–H and O–H groups in total. The summed E-state index contributed by atoms with van der Waals surface area (Å²) >= 11 is 6.15. The predicted molar refractivity (Wildman–Crippen MR) is 133 cm³/mol. The molecular formula is C27H22ClN3O4. The summed E-state index contributed by atoms with van der Waals surface area (Å²) in [5, 5.41) is 8.04. The van der Waals surface area contributed by atoms with Crippen LogP contribution in [-0.4, -0.2) is 35.8 Å². The van der Waals surface area contributed by atoms with E-state index in [1.165, 1.54) is 0 Å². The zero-order chi connectivity index (χ0) is 24.5. The minimum absolute atomic E-state index is 0.212. The molecule has 7 nitrogen and oxygen atoms in total. The van der Waals surface area contributed by atoms with Gasteiger partial charge in [-0.15, -0.1) is 0 Å². The Labute approximate surface area is 207 Å². The first-order valence-electron chi connectivity index (χ1n) is 11.1. The fourth-order valence-corrected chi connectivity index (χ4v) is 4.44. The number of halogens is 1. The number of anilines is 1. The molecule has 0 fully saturated rings. The van der Waals surface area contributed by atoms with E-state index in [1.807, 2.05) is 36.4 Å². The highest BCUT2D eigenvalue weighted by molar-refractivity contribution is 6.30. The van der Waals surface area contributed by atoms with E-state index in [0.717, 1.165) is 22.4 Å². The van der Waals surface area contributed by atoms with E-state index in [-0.39, 0.29) is 5.91 Å². The number of fused-ring (bicyclic) bond motifs is 1. The van der Waals surface area contributed by atoms with E-state index >= 15 is 0 Å². The zero-order valence-electron chi connectivity index (χ0n) is 19.1. The second-order valence-corrected chi connectivity index (χ2v) is 8.42. The van der Waals surface area contributed by atoms with E-state index in [9.17, 15) is 9.59 Å². The Hall–Kier alpha value is -4.10. The van der Waals surface area contributed by atoms with Gasteiger partial charge in [0.1, 0.15) is 11.4 Å². The number of esters is 1. The molecule has 0 unspecified atom stereocenters. The van der Waals surface area contributed by atoms with Crippen LogP contribution in [0.15, 0.2) is 72.8 Å². The van der Waals surface area contributed by atoms with Crippen molar-refractivity contribution in [3.8, 4) is 17.0 Å². The third kappa shape index (κ3) is 4.04. The van der Waals surface area contributed by atoms with Crippen molar-refractivity contribution < 1.29 is 19.1 Å². The Balaban J connectivity index is 1.62. The lowest BCUT2D eigenvalue weighted by molar-refractivity contribution is 0.0526. The summed E-state index contributed by atoms with van der Waals surface area (Å²) in [6.45, 7) is 2.05. The number of carbonyl (C=O) groups excluding carboxylic acids is 2. The molecule has 8 heteroatoms. The molecule has 1 amide bonds. The highest BCUT2D eigenvalue weighted by atomic mass is 35.5. The summed E-state index contributed by atoms with van der Waals surface area (Å²) < 4.78 is 10.4. The van der Waals surface area contributed by atoms with Crippen molar-refractivity contribution in [2.45, 2.75) is 13.0 Å². The van der Waals surface area contributed by atoms with Crippen LogP contribution >= 0.6 is 11.6 Å². The van der Waals surface area contributed by atoms with Crippen molar-refractivity contribution in [1.82, 2.24) is 10.2 Å². The van der Waals surface area contributed by atoms with Gasteiger partial charge in [-0.3, -0.25) is 14.8 Å². The van der Waals surface area contributed by atoms with Crippen molar-refractivity contribution >= 4 is 29.2 Å². The minimum atomic E-state index is -0.445. The molecule has 0 saturated heterocycles. The normalized spacial score (nSPS) is 14.7. The van der Waals surface area contributed by atoms with Gasteiger partial charge in [0.25, 0.3) is 5.91 Å². The van der Waals surface area contributed by atoms with Gasteiger partial charge in [-0.2, -0.15) is 5.10 Å². The summed E-state index contributed by atoms with van der Waals surface area (Å²) in [6.07, 6.45) is 0. The molecule has 0 bridgehead atoms. The number of rotatable bonds is 6. The third-order valence-electron chi connectivity index (χ3n) is 5.97. The average molecular weight is 488 g/mol. The molecule has 1 aliphatic rings. The lowest BCUT2D eigenvalue weighted by atomic mass is 9.96. The van der Waals surface area contributed by atoms with Gasteiger partial charge >= 0.3 is 5.97 Å². The van der Waals surface area contributed by atoms with Gasteiger partial charge in [-0.25, -0.2) is 4.79 Å². The van der Waals surface area contributed by atoms with Crippen molar-refractivity contribution in [3.63, 3.8) is 0 Å². The van der Waals surface area contributed by atoms with Gasteiger partial charge in [0.05, 0.1) is 31.0 Å². The Bertz CT molecular complexity index is 1380. The average Bonchev–Trinajstić information content (AvgIpc) is 3.44. The van der Waals surface area contributed by atoms with Crippen LogP contribution in [0.2, 0.25) is 5.02 Å². The van der Waals surface area contributed by atoms with Gasteiger partial charge in [0.2, 0.25) is 0 Å². The minimum Gasteiger partial charge on any atom is -0.497 e. The Kier molecular flexibility index (Phi) is 6.01. The van der Waals surface area contributed by atoms with E-state index in [0.29, 0.717) is 34.3 Å². The van der Waals surface area contributed by atoms with Gasteiger partial charge in [0.15, 0.2) is 0 Å². The number of benzene rings is 3. The first kappa shape index (κ1) is 22.7. The Morgan fingerprint density at radius 3 is 2.34 bits per heavy atom. The van der Waals surface area contributed by atoms with Gasteiger partial charge < -0.3 is 9.47 Å². The number of nitrogens with one attached hydrogen (secondary N) is 1. The Morgan fingerprint density at radius 2 is 1.71 bits per heavy atom. The molecule has 3 aromatic carbocycles. The lowest BCUT2D eigenvalue weighted by Crippen LogP contribution is -2.29. The van der Waals surface area contributed by atoms with Crippen LogP contribution in [-0.2, 0) is 4.74 Å². The first-order valence-corrected chi connectivity index (χ1v) is 11.5. The number of aromatic amines is 1. The van der Waals surface area contributed by atoms with Crippen LogP contribution in [0, 0.1) is 0 Å². The molecule has 1 aromatic heterocycles. The molecule has 0 spiro atoms. The van der Waals surface area contributed by atoms with E-state index < -0.39 is 12.0 Å². The van der Waals surface area contributed by atoms with Crippen molar-refractivity contribution in [1.29, 1.82) is 0 Å². The largest absolute Gasteiger partial charge is 0.497 e. The summed E-state index contributed by atoms with van der Waals surface area (Å²) in [6, 6.07) is 21.3. The SMILES string of the molecule is CCOC(=O)c1ccc(N2C(=O)c3[nH]nc(-c4ccc(OC)cc4)c3[C@@H]2c2ccc(Cl)cc2)cc1. The van der Waals surface area contributed by atoms with E-state index in [4.69, 9.17) is 21.1 Å². The maximum atomic E-state index is 13.6. The van der Waals surface area contributed by atoms with Gasteiger partial charge in [0, 0.05) is 21.8 Å². The fraction of sp³-hybridized carbons (Fsp3) is 0.148. The summed E-state index contributed by atoms with van der Waals surface area (Å²) in [5.74, 6) is 0.114. The van der Waals surface area contributed by atoms with Crippen LogP contribution in [0.4, 0.5) is 5.69 Å². The number of H-pyrrole nitrogens is 1. The van der Waals surface area contributed by atoms with E-state index in [2.05, 4.69) is 10.2 Å².